The molecule has 0 aliphatic carbocycles. The summed E-state index contributed by atoms with van der Waals surface area (Å²) in [6.45, 7) is 0. The van der Waals surface area contributed by atoms with Crippen LogP contribution in [-0.2, 0) is 6.42 Å². The number of nitrogen functional groups attached to an aromatic ring is 1. The number of nitrogens with two attached hydrogens (primary N) is 1. The zero-order chi connectivity index (χ0) is 9.14. The van der Waals surface area contributed by atoms with Crippen LogP contribution in [0.15, 0.2) is 21.1 Å². The van der Waals surface area contributed by atoms with Crippen molar-refractivity contribution in [3.8, 4) is 6.07 Å². The van der Waals surface area contributed by atoms with Crippen molar-refractivity contribution in [3.63, 3.8) is 0 Å². The minimum absolute atomic E-state index is 0.365. The van der Waals surface area contributed by atoms with Crippen molar-refractivity contribution in [1.29, 1.82) is 5.26 Å². The second-order valence-corrected chi connectivity index (χ2v) is 3.96. The van der Waals surface area contributed by atoms with Crippen LogP contribution in [0.25, 0.3) is 0 Å². The van der Waals surface area contributed by atoms with Gasteiger partial charge in [-0.05, 0) is 49.6 Å². The summed E-state index contributed by atoms with van der Waals surface area (Å²) in [5.41, 5.74) is 7.17. The molecule has 1 aromatic carbocycles. The van der Waals surface area contributed by atoms with Crippen LogP contribution in [0, 0.1) is 11.3 Å². The van der Waals surface area contributed by atoms with E-state index in [1.54, 1.807) is 12.1 Å². The molecule has 0 bridgehead atoms. The molecule has 0 heterocycles. The van der Waals surface area contributed by atoms with Crippen LogP contribution in [0.5, 0.6) is 0 Å². The van der Waals surface area contributed by atoms with Gasteiger partial charge in [-0.25, -0.2) is 0 Å². The maximum absolute atomic E-state index is 8.50. The van der Waals surface area contributed by atoms with Crippen LogP contribution in [0.4, 0.5) is 5.69 Å². The van der Waals surface area contributed by atoms with E-state index in [1.807, 2.05) is 0 Å². The second-order valence-electron chi connectivity index (χ2n) is 2.31. The average molecular weight is 290 g/mol. The quantitative estimate of drug-likeness (QED) is 0.808. The lowest BCUT2D eigenvalue weighted by atomic mass is 10.1. The van der Waals surface area contributed by atoms with Crippen molar-refractivity contribution in [3.05, 3.63) is 26.6 Å². The Morgan fingerprint density at radius 1 is 1.42 bits per heavy atom. The Bertz CT molecular complexity index is 342. The van der Waals surface area contributed by atoms with Crippen molar-refractivity contribution >= 4 is 37.5 Å². The molecule has 0 aliphatic rings. The summed E-state index contributed by atoms with van der Waals surface area (Å²) in [4.78, 5) is 0. The molecule has 1 aromatic rings. The highest BCUT2D eigenvalue weighted by atomic mass is 79.9. The van der Waals surface area contributed by atoms with E-state index in [1.165, 1.54) is 0 Å². The molecule has 2 nitrogen and oxygen atoms in total. The first-order valence-electron chi connectivity index (χ1n) is 3.25. The highest BCUT2D eigenvalue weighted by Gasteiger charge is 2.04. The first-order chi connectivity index (χ1) is 5.65. The Labute approximate surface area is 87.6 Å². The van der Waals surface area contributed by atoms with Crippen molar-refractivity contribution < 1.29 is 0 Å². The molecule has 62 valence electrons. The summed E-state index contributed by atoms with van der Waals surface area (Å²) in [6.07, 6.45) is 0.365. The molecular weight excluding hydrogens is 284 g/mol. The third-order valence-electron chi connectivity index (χ3n) is 1.40. The molecule has 0 atom stereocenters. The van der Waals surface area contributed by atoms with E-state index in [4.69, 9.17) is 11.0 Å². The minimum atomic E-state index is 0.365. The lowest BCUT2D eigenvalue weighted by molar-refractivity contribution is 1.24. The third kappa shape index (κ3) is 1.99. The van der Waals surface area contributed by atoms with Gasteiger partial charge in [-0.1, -0.05) is 0 Å². The Kier molecular flexibility index (Phi) is 3.12. The molecule has 0 fully saturated rings. The van der Waals surface area contributed by atoms with E-state index in [9.17, 15) is 0 Å². The number of hydrogen-bond acceptors (Lipinski definition) is 2. The second kappa shape index (κ2) is 3.92. The predicted molar refractivity (Wildman–Crippen MR) is 55.6 cm³/mol. The molecule has 12 heavy (non-hydrogen) atoms. The predicted octanol–water partition coefficient (Wildman–Crippen LogP) is 2.86. The molecule has 0 saturated heterocycles. The standard InChI is InChI=1S/C8H6Br2N2/c9-7-4-6(12)3-5(1-2-11)8(7)10/h3-4H,1,12H2. The summed E-state index contributed by atoms with van der Waals surface area (Å²) in [5.74, 6) is 0. The van der Waals surface area contributed by atoms with E-state index in [2.05, 4.69) is 37.9 Å². The van der Waals surface area contributed by atoms with Gasteiger partial charge < -0.3 is 5.73 Å². The molecule has 0 radical (unpaired) electrons. The van der Waals surface area contributed by atoms with Crippen LogP contribution in [0.1, 0.15) is 5.56 Å². The zero-order valence-electron chi connectivity index (χ0n) is 6.14. The molecule has 0 saturated carbocycles. The maximum Gasteiger partial charge on any atom is 0.0670 e. The van der Waals surface area contributed by atoms with Gasteiger partial charge in [0.1, 0.15) is 0 Å². The summed E-state index contributed by atoms with van der Waals surface area (Å²) in [6, 6.07) is 5.66. The highest BCUT2D eigenvalue weighted by Crippen LogP contribution is 2.29. The van der Waals surface area contributed by atoms with Gasteiger partial charge in [0.2, 0.25) is 0 Å². The molecule has 0 spiro atoms. The molecule has 0 amide bonds. The summed E-state index contributed by atoms with van der Waals surface area (Å²) in [5, 5.41) is 8.50. The van der Waals surface area contributed by atoms with Crippen LogP contribution in [0.3, 0.4) is 0 Å². The van der Waals surface area contributed by atoms with Crippen molar-refractivity contribution in [2.45, 2.75) is 6.42 Å². The Balaban J connectivity index is 3.20. The van der Waals surface area contributed by atoms with Gasteiger partial charge in [0, 0.05) is 14.6 Å². The van der Waals surface area contributed by atoms with Crippen molar-refractivity contribution in [1.82, 2.24) is 0 Å². The SMILES string of the molecule is N#CCc1cc(N)cc(Br)c1Br. The average Bonchev–Trinajstić information content (AvgIpc) is 2.00. The summed E-state index contributed by atoms with van der Waals surface area (Å²) >= 11 is 6.69. The number of nitriles is 1. The van der Waals surface area contributed by atoms with Gasteiger partial charge in [-0.2, -0.15) is 5.26 Å². The third-order valence-corrected chi connectivity index (χ3v) is 3.49. The fraction of sp³-hybridized carbons (Fsp3) is 0.125. The Hall–Kier alpha value is -0.530. The molecule has 0 unspecified atom stereocenters. The normalized spacial score (nSPS) is 9.42. The number of hydrogen-bond donors (Lipinski definition) is 1. The number of halogens is 2. The van der Waals surface area contributed by atoms with E-state index in [-0.39, 0.29) is 0 Å². The van der Waals surface area contributed by atoms with Gasteiger partial charge >= 0.3 is 0 Å². The maximum atomic E-state index is 8.50. The topological polar surface area (TPSA) is 49.8 Å². The van der Waals surface area contributed by atoms with E-state index < -0.39 is 0 Å². The van der Waals surface area contributed by atoms with Crippen molar-refractivity contribution in [2.75, 3.05) is 5.73 Å². The lowest BCUT2D eigenvalue weighted by Gasteiger charge is -2.03. The minimum Gasteiger partial charge on any atom is -0.399 e. The van der Waals surface area contributed by atoms with Gasteiger partial charge in [-0.3, -0.25) is 0 Å². The lowest BCUT2D eigenvalue weighted by Crippen LogP contribution is -1.90. The number of nitrogens with zero attached hydrogens (tertiary/aromatic N) is 1. The van der Waals surface area contributed by atoms with E-state index in [0.717, 1.165) is 14.5 Å². The number of benzene rings is 1. The monoisotopic (exact) mass is 288 g/mol. The van der Waals surface area contributed by atoms with E-state index >= 15 is 0 Å². The molecule has 2 N–H and O–H groups in total. The van der Waals surface area contributed by atoms with Crippen LogP contribution < -0.4 is 5.73 Å². The molecule has 0 aromatic heterocycles. The van der Waals surface area contributed by atoms with Gasteiger partial charge in [0.05, 0.1) is 12.5 Å². The summed E-state index contributed by atoms with van der Waals surface area (Å²) < 4.78 is 1.78. The fourth-order valence-electron chi connectivity index (χ4n) is 0.883. The highest BCUT2D eigenvalue weighted by molar-refractivity contribution is 9.13. The molecule has 4 heteroatoms. The first kappa shape index (κ1) is 9.56. The van der Waals surface area contributed by atoms with Crippen LogP contribution in [0.2, 0.25) is 0 Å². The van der Waals surface area contributed by atoms with Crippen LogP contribution >= 0.6 is 31.9 Å². The fourth-order valence-corrected chi connectivity index (χ4v) is 1.77. The van der Waals surface area contributed by atoms with Crippen molar-refractivity contribution in [2.24, 2.45) is 0 Å². The van der Waals surface area contributed by atoms with Crippen LogP contribution in [-0.4, -0.2) is 0 Å². The zero-order valence-corrected chi connectivity index (χ0v) is 9.31. The van der Waals surface area contributed by atoms with Gasteiger partial charge in [-0.15, -0.1) is 0 Å². The Morgan fingerprint density at radius 3 is 2.67 bits per heavy atom. The number of anilines is 1. The molecule has 1 rings (SSSR count). The van der Waals surface area contributed by atoms with Gasteiger partial charge in [0.25, 0.3) is 0 Å². The molecule has 0 aliphatic heterocycles. The smallest absolute Gasteiger partial charge is 0.0670 e. The number of rotatable bonds is 1. The Morgan fingerprint density at radius 2 is 2.08 bits per heavy atom. The molecular formula is C8H6Br2N2. The summed E-state index contributed by atoms with van der Waals surface area (Å²) in [7, 11) is 0. The van der Waals surface area contributed by atoms with Gasteiger partial charge in [0.15, 0.2) is 0 Å². The van der Waals surface area contributed by atoms with E-state index in [0.29, 0.717) is 12.1 Å². The first-order valence-corrected chi connectivity index (χ1v) is 4.84. The largest absolute Gasteiger partial charge is 0.399 e.